The van der Waals surface area contributed by atoms with Crippen LogP contribution in [0.3, 0.4) is 0 Å². The van der Waals surface area contributed by atoms with Crippen molar-refractivity contribution in [1.82, 2.24) is 5.32 Å². The number of hydrogen-bond donors (Lipinski definition) is 2. The van der Waals surface area contributed by atoms with Gasteiger partial charge in [-0.3, -0.25) is 0 Å². The van der Waals surface area contributed by atoms with E-state index in [1.54, 1.807) is 27.3 Å². The first kappa shape index (κ1) is 16.1. The van der Waals surface area contributed by atoms with Crippen LogP contribution in [0.25, 0.3) is 0 Å². The molecule has 0 saturated heterocycles. The van der Waals surface area contributed by atoms with Crippen molar-refractivity contribution < 1.29 is 14.6 Å². The molecule has 0 heterocycles. The average Bonchev–Trinajstić information content (AvgIpc) is 2.37. The second kappa shape index (κ2) is 6.98. The fraction of sp³-hybridized carbons (Fsp3) is 0.571. The minimum absolute atomic E-state index is 0.157. The number of aliphatic hydroxyl groups excluding tert-OH is 1. The molecule has 5 heteroatoms. The number of methoxy groups -OCH3 is 2. The minimum atomic E-state index is -0.685. The first-order valence-electron chi connectivity index (χ1n) is 6.24. The molecule has 1 aromatic rings. The Kier molecular flexibility index (Phi) is 5.91. The molecule has 0 saturated carbocycles. The number of likely N-dealkylation sites (N-methyl/N-ethyl adjacent to an activating group) is 1. The van der Waals surface area contributed by atoms with Gasteiger partial charge in [0.15, 0.2) is 11.5 Å². The first-order chi connectivity index (χ1) is 8.97. The molecule has 0 aliphatic rings. The Bertz CT molecular complexity index is 435. The molecule has 1 rings (SSSR count). The lowest BCUT2D eigenvalue weighted by Crippen LogP contribution is -2.19. The van der Waals surface area contributed by atoms with Gasteiger partial charge in [0.2, 0.25) is 0 Å². The fourth-order valence-corrected chi connectivity index (χ4v) is 2.54. The van der Waals surface area contributed by atoms with Crippen molar-refractivity contribution in [3.63, 3.8) is 0 Å². The van der Waals surface area contributed by atoms with E-state index in [-0.39, 0.29) is 5.92 Å². The highest BCUT2D eigenvalue weighted by atomic mass is 35.5. The van der Waals surface area contributed by atoms with Crippen molar-refractivity contribution in [3.05, 3.63) is 22.2 Å². The Morgan fingerprint density at radius 2 is 1.89 bits per heavy atom. The zero-order valence-corrected chi connectivity index (χ0v) is 12.8. The summed E-state index contributed by atoms with van der Waals surface area (Å²) in [5, 5.41) is 13.7. The van der Waals surface area contributed by atoms with E-state index in [1.807, 2.05) is 13.8 Å². The van der Waals surface area contributed by atoms with Crippen molar-refractivity contribution in [1.29, 1.82) is 0 Å². The number of benzene rings is 1. The molecule has 0 aliphatic carbocycles. The maximum Gasteiger partial charge on any atom is 0.164 e. The summed E-state index contributed by atoms with van der Waals surface area (Å²) in [5.41, 5.74) is 1.58. The molecule has 4 nitrogen and oxygen atoms in total. The van der Waals surface area contributed by atoms with E-state index in [0.29, 0.717) is 28.6 Å². The third-order valence-electron chi connectivity index (χ3n) is 3.01. The Balaban J connectivity index is 3.51. The molecule has 0 fully saturated rings. The van der Waals surface area contributed by atoms with Gasteiger partial charge in [0.25, 0.3) is 0 Å². The molecule has 1 aromatic carbocycles. The van der Waals surface area contributed by atoms with Crippen LogP contribution in [0.4, 0.5) is 0 Å². The Labute approximate surface area is 119 Å². The predicted molar refractivity (Wildman–Crippen MR) is 77.5 cm³/mol. The Hall–Kier alpha value is -0.970. The summed E-state index contributed by atoms with van der Waals surface area (Å²) < 4.78 is 10.7. The van der Waals surface area contributed by atoms with Crippen LogP contribution < -0.4 is 14.8 Å². The van der Waals surface area contributed by atoms with Crippen LogP contribution in [-0.2, 0) is 0 Å². The number of rotatable bonds is 6. The van der Waals surface area contributed by atoms with Crippen LogP contribution in [0, 0.1) is 0 Å². The molecule has 0 spiro atoms. The van der Waals surface area contributed by atoms with Gasteiger partial charge in [-0.15, -0.1) is 0 Å². The summed E-state index contributed by atoms with van der Waals surface area (Å²) in [5.74, 6) is 1.37. The third kappa shape index (κ3) is 3.32. The summed E-state index contributed by atoms with van der Waals surface area (Å²) in [6, 6.07) is 1.68. The molecule has 0 aromatic heterocycles. The van der Waals surface area contributed by atoms with E-state index in [2.05, 4.69) is 5.32 Å². The first-order valence-corrected chi connectivity index (χ1v) is 6.62. The number of aliphatic hydroxyl groups is 1. The van der Waals surface area contributed by atoms with Gasteiger partial charge in [-0.25, -0.2) is 0 Å². The monoisotopic (exact) mass is 287 g/mol. The molecular formula is C14H22ClNO3. The molecule has 0 bridgehead atoms. The van der Waals surface area contributed by atoms with Gasteiger partial charge in [0.05, 0.1) is 25.3 Å². The zero-order valence-electron chi connectivity index (χ0n) is 12.1. The minimum Gasteiger partial charge on any atom is -0.493 e. The van der Waals surface area contributed by atoms with E-state index < -0.39 is 6.10 Å². The van der Waals surface area contributed by atoms with Crippen LogP contribution in [-0.4, -0.2) is 32.9 Å². The molecular weight excluding hydrogens is 266 g/mol. The average molecular weight is 288 g/mol. The van der Waals surface area contributed by atoms with E-state index in [1.165, 1.54) is 0 Å². The second-order valence-electron chi connectivity index (χ2n) is 4.65. The summed E-state index contributed by atoms with van der Waals surface area (Å²) in [6.45, 7) is 4.49. The summed E-state index contributed by atoms with van der Waals surface area (Å²) in [7, 11) is 4.95. The van der Waals surface area contributed by atoms with Gasteiger partial charge < -0.3 is 19.9 Å². The number of ether oxygens (including phenoxy) is 2. The lowest BCUT2D eigenvalue weighted by molar-refractivity contribution is 0.175. The predicted octanol–water partition coefficient (Wildman–Crippen LogP) is 2.73. The van der Waals surface area contributed by atoms with Crippen LogP contribution >= 0.6 is 11.6 Å². The van der Waals surface area contributed by atoms with Crippen molar-refractivity contribution in [2.75, 3.05) is 27.8 Å². The maximum absolute atomic E-state index is 10.3. The number of nitrogens with one attached hydrogen (secondary N) is 1. The van der Waals surface area contributed by atoms with E-state index >= 15 is 0 Å². The zero-order chi connectivity index (χ0) is 14.6. The van der Waals surface area contributed by atoms with Crippen LogP contribution in [0.15, 0.2) is 6.07 Å². The van der Waals surface area contributed by atoms with Gasteiger partial charge in [-0.1, -0.05) is 25.4 Å². The molecule has 0 aliphatic heterocycles. The maximum atomic E-state index is 10.3. The summed E-state index contributed by atoms with van der Waals surface area (Å²) in [6.07, 6.45) is -0.685. The molecule has 19 heavy (non-hydrogen) atoms. The molecule has 1 atom stereocenters. The molecule has 1 unspecified atom stereocenters. The van der Waals surface area contributed by atoms with Crippen LogP contribution in [0.5, 0.6) is 11.5 Å². The third-order valence-corrected chi connectivity index (χ3v) is 3.32. The second-order valence-corrected chi connectivity index (χ2v) is 5.06. The normalized spacial score (nSPS) is 12.6. The molecule has 108 valence electrons. The van der Waals surface area contributed by atoms with Gasteiger partial charge in [0, 0.05) is 23.7 Å². The summed E-state index contributed by atoms with van der Waals surface area (Å²) in [4.78, 5) is 0. The highest BCUT2D eigenvalue weighted by Crippen LogP contribution is 2.44. The van der Waals surface area contributed by atoms with E-state index in [4.69, 9.17) is 21.1 Å². The molecule has 2 N–H and O–H groups in total. The van der Waals surface area contributed by atoms with Crippen molar-refractivity contribution >= 4 is 11.6 Å². The van der Waals surface area contributed by atoms with Gasteiger partial charge in [-0.2, -0.15) is 0 Å². The van der Waals surface area contributed by atoms with Gasteiger partial charge in [0.1, 0.15) is 0 Å². The van der Waals surface area contributed by atoms with Crippen molar-refractivity contribution in [2.45, 2.75) is 25.9 Å². The summed E-state index contributed by atoms with van der Waals surface area (Å²) >= 11 is 6.29. The SMILES string of the molecule is CNCC(O)c1c(Cl)cc(OC)c(OC)c1C(C)C. The lowest BCUT2D eigenvalue weighted by atomic mass is 9.92. The Morgan fingerprint density at radius 1 is 1.26 bits per heavy atom. The highest BCUT2D eigenvalue weighted by molar-refractivity contribution is 6.31. The fourth-order valence-electron chi connectivity index (χ4n) is 2.21. The van der Waals surface area contributed by atoms with Crippen molar-refractivity contribution in [2.24, 2.45) is 0 Å². The lowest BCUT2D eigenvalue weighted by Gasteiger charge is -2.23. The number of hydrogen-bond acceptors (Lipinski definition) is 4. The highest BCUT2D eigenvalue weighted by Gasteiger charge is 2.25. The molecule has 0 amide bonds. The van der Waals surface area contributed by atoms with Crippen LogP contribution in [0.1, 0.15) is 37.0 Å². The van der Waals surface area contributed by atoms with E-state index in [0.717, 1.165) is 5.56 Å². The van der Waals surface area contributed by atoms with Crippen LogP contribution in [0.2, 0.25) is 5.02 Å². The smallest absolute Gasteiger partial charge is 0.164 e. The topological polar surface area (TPSA) is 50.7 Å². The molecule has 0 radical (unpaired) electrons. The number of halogens is 1. The van der Waals surface area contributed by atoms with Gasteiger partial charge >= 0.3 is 0 Å². The van der Waals surface area contributed by atoms with E-state index in [9.17, 15) is 5.11 Å². The van der Waals surface area contributed by atoms with Crippen molar-refractivity contribution in [3.8, 4) is 11.5 Å². The van der Waals surface area contributed by atoms with Gasteiger partial charge in [-0.05, 0) is 13.0 Å². The standard InChI is InChI=1S/C14H22ClNO3/c1-8(2)12-13(10(17)7-16-3)9(15)6-11(18-4)14(12)19-5/h6,8,10,16-17H,7H2,1-5H3. The largest absolute Gasteiger partial charge is 0.493 e. The Morgan fingerprint density at radius 3 is 2.32 bits per heavy atom. The quantitative estimate of drug-likeness (QED) is 0.845.